The van der Waals surface area contributed by atoms with Crippen LogP contribution in [0.4, 0.5) is 0 Å². The van der Waals surface area contributed by atoms with Gasteiger partial charge in [0.05, 0.1) is 6.61 Å². The lowest BCUT2D eigenvalue weighted by molar-refractivity contribution is -0.0298. The molecule has 1 heterocycles. The molecule has 0 amide bonds. The SMILES string of the molecule is CCCCOC(C)(C)c1nc(C(=O)OCC)c(O)c(=O)[nH]1. The summed E-state index contributed by atoms with van der Waals surface area (Å²) in [6.07, 6.45) is 1.85. The molecule has 1 aromatic heterocycles. The van der Waals surface area contributed by atoms with Gasteiger partial charge in [-0.25, -0.2) is 9.78 Å². The molecule has 7 heteroatoms. The second kappa shape index (κ2) is 7.21. The Morgan fingerprint density at radius 2 is 2.05 bits per heavy atom. The lowest BCUT2D eigenvalue weighted by atomic mass is 10.1. The molecular formula is C14H22N2O5. The number of unbranched alkanes of at least 4 members (excludes halogenated alkanes) is 1. The Kier molecular flexibility index (Phi) is 5.90. The van der Waals surface area contributed by atoms with Gasteiger partial charge in [0, 0.05) is 6.61 Å². The fourth-order valence-electron chi connectivity index (χ4n) is 1.63. The highest BCUT2D eigenvalue weighted by molar-refractivity contribution is 5.89. The van der Waals surface area contributed by atoms with E-state index in [0.717, 1.165) is 12.8 Å². The summed E-state index contributed by atoms with van der Waals surface area (Å²) in [5.41, 5.74) is -2.08. The highest BCUT2D eigenvalue weighted by atomic mass is 16.5. The predicted octanol–water partition coefficient (Wildman–Crippen LogP) is 1.70. The maximum absolute atomic E-state index is 11.7. The number of esters is 1. The number of nitrogens with one attached hydrogen (secondary N) is 1. The lowest BCUT2D eigenvalue weighted by Gasteiger charge is -2.24. The van der Waals surface area contributed by atoms with Crippen LogP contribution in [-0.4, -0.2) is 34.3 Å². The van der Waals surface area contributed by atoms with Crippen molar-refractivity contribution in [3.8, 4) is 5.75 Å². The largest absolute Gasteiger partial charge is 0.501 e. The van der Waals surface area contributed by atoms with Crippen LogP contribution in [0, 0.1) is 0 Å². The molecule has 21 heavy (non-hydrogen) atoms. The van der Waals surface area contributed by atoms with E-state index in [9.17, 15) is 14.7 Å². The Bertz CT molecular complexity index is 551. The Labute approximate surface area is 123 Å². The van der Waals surface area contributed by atoms with Gasteiger partial charge in [-0.05, 0) is 27.2 Å². The summed E-state index contributed by atoms with van der Waals surface area (Å²) in [6, 6.07) is 0. The third-order valence-electron chi connectivity index (χ3n) is 2.89. The smallest absolute Gasteiger partial charge is 0.361 e. The fourth-order valence-corrected chi connectivity index (χ4v) is 1.63. The van der Waals surface area contributed by atoms with E-state index in [4.69, 9.17) is 9.47 Å². The number of aromatic nitrogens is 2. The van der Waals surface area contributed by atoms with E-state index in [2.05, 4.69) is 9.97 Å². The topological polar surface area (TPSA) is 102 Å². The predicted molar refractivity (Wildman–Crippen MR) is 76.4 cm³/mol. The number of carbonyl (C=O) groups excluding carboxylic acids is 1. The maximum atomic E-state index is 11.7. The van der Waals surface area contributed by atoms with Crippen molar-refractivity contribution >= 4 is 5.97 Å². The normalized spacial score (nSPS) is 11.4. The van der Waals surface area contributed by atoms with Crippen molar-refractivity contribution in [1.82, 2.24) is 9.97 Å². The van der Waals surface area contributed by atoms with Gasteiger partial charge < -0.3 is 19.6 Å². The van der Waals surface area contributed by atoms with Gasteiger partial charge in [0.25, 0.3) is 5.56 Å². The number of rotatable bonds is 7. The van der Waals surface area contributed by atoms with E-state index < -0.39 is 28.6 Å². The van der Waals surface area contributed by atoms with Gasteiger partial charge in [-0.1, -0.05) is 13.3 Å². The van der Waals surface area contributed by atoms with Crippen LogP contribution in [0.1, 0.15) is 56.8 Å². The molecule has 0 aliphatic carbocycles. The molecular weight excluding hydrogens is 276 g/mol. The summed E-state index contributed by atoms with van der Waals surface area (Å²) < 4.78 is 10.5. The third-order valence-corrected chi connectivity index (χ3v) is 2.89. The van der Waals surface area contributed by atoms with E-state index in [1.54, 1.807) is 20.8 Å². The molecule has 0 aliphatic heterocycles. The first-order chi connectivity index (χ1) is 9.83. The third kappa shape index (κ3) is 4.29. The maximum Gasteiger partial charge on any atom is 0.361 e. The molecule has 7 nitrogen and oxygen atoms in total. The Hall–Kier alpha value is -1.89. The molecule has 0 radical (unpaired) electrons. The second-order valence-electron chi connectivity index (χ2n) is 5.04. The van der Waals surface area contributed by atoms with Gasteiger partial charge in [-0.2, -0.15) is 0 Å². The highest BCUT2D eigenvalue weighted by Gasteiger charge is 2.28. The molecule has 0 atom stereocenters. The van der Waals surface area contributed by atoms with Crippen molar-refractivity contribution in [2.24, 2.45) is 0 Å². The van der Waals surface area contributed by atoms with Crippen LogP contribution in [-0.2, 0) is 15.1 Å². The van der Waals surface area contributed by atoms with Gasteiger partial charge in [0.2, 0.25) is 5.75 Å². The second-order valence-corrected chi connectivity index (χ2v) is 5.04. The molecule has 0 fully saturated rings. The minimum absolute atomic E-state index is 0.123. The minimum Gasteiger partial charge on any atom is -0.501 e. The number of aromatic hydroxyl groups is 1. The lowest BCUT2D eigenvalue weighted by Crippen LogP contribution is -2.30. The van der Waals surface area contributed by atoms with E-state index in [1.165, 1.54) is 0 Å². The molecule has 2 N–H and O–H groups in total. The Balaban J connectivity index is 3.14. The summed E-state index contributed by atoms with van der Waals surface area (Å²) in [5.74, 6) is -1.42. The van der Waals surface area contributed by atoms with Crippen molar-refractivity contribution in [3.05, 3.63) is 21.9 Å². The van der Waals surface area contributed by atoms with Crippen LogP contribution >= 0.6 is 0 Å². The Morgan fingerprint density at radius 1 is 1.38 bits per heavy atom. The van der Waals surface area contributed by atoms with Crippen LogP contribution in [0.5, 0.6) is 5.75 Å². The first-order valence-corrected chi connectivity index (χ1v) is 6.98. The quantitative estimate of drug-likeness (QED) is 0.587. The molecule has 0 bridgehead atoms. The molecule has 0 aliphatic rings. The van der Waals surface area contributed by atoms with E-state index in [1.807, 2.05) is 6.92 Å². The van der Waals surface area contributed by atoms with Crippen LogP contribution in [0.3, 0.4) is 0 Å². The van der Waals surface area contributed by atoms with Crippen molar-refractivity contribution in [2.75, 3.05) is 13.2 Å². The zero-order valence-electron chi connectivity index (χ0n) is 12.9. The van der Waals surface area contributed by atoms with Crippen LogP contribution in [0.2, 0.25) is 0 Å². The summed E-state index contributed by atoms with van der Waals surface area (Å²) in [5, 5.41) is 9.65. The van der Waals surface area contributed by atoms with Crippen molar-refractivity contribution in [2.45, 2.75) is 46.1 Å². The molecule has 0 unspecified atom stereocenters. The number of carbonyl (C=O) groups is 1. The van der Waals surface area contributed by atoms with Crippen molar-refractivity contribution in [1.29, 1.82) is 0 Å². The first-order valence-electron chi connectivity index (χ1n) is 6.98. The van der Waals surface area contributed by atoms with Crippen LogP contribution < -0.4 is 5.56 Å². The van der Waals surface area contributed by atoms with Crippen molar-refractivity contribution in [3.63, 3.8) is 0 Å². The van der Waals surface area contributed by atoms with E-state index in [-0.39, 0.29) is 12.4 Å². The molecule has 1 aromatic rings. The van der Waals surface area contributed by atoms with Crippen LogP contribution in [0.25, 0.3) is 0 Å². The van der Waals surface area contributed by atoms with Gasteiger partial charge >= 0.3 is 5.97 Å². The summed E-state index contributed by atoms with van der Waals surface area (Å²) in [6.45, 7) is 7.75. The number of ether oxygens (including phenoxy) is 2. The number of H-pyrrole nitrogens is 1. The molecule has 0 aromatic carbocycles. The van der Waals surface area contributed by atoms with Gasteiger partial charge in [0.15, 0.2) is 5.69 Å². The summed E-state index contributed by atoms with van der Waals surface area (Å²) in [4.78, 5) is 29.9. The molecule has 0 spiro atoms. The Morgan fingerprint density at radius 3 is 2.62 bits per heavy atom. The number of hydrogen-bond donors (Lipinski definition) is 2. The number of hydrogen-bond acceptors (Lipinski definition) is 6. The zero-order chi connectivity index (χ0) is 16.0. The minimum atomic E-state index is -0.886. The van der Waals surface area contributed by atoms with Gasteiger partial charge in [-0.15, -0.1) is 0 Å². The van der Waals surface area contributed by atoms with Gasteiger partial charge in [-0.3, -0.25) is 4.79 Å². The molecule has 0 saturated heterocycles. The summed E-state index contributed by atoms with van der Waals surface area (Å²) >= 11 is 0. The number of aromatic amines is 1. The van der Waals surface area contributed by atoms with E-state index >= 15 is 0 Å². The average molecular weight is 298 g/mol. The molecule has 118 valence electrons. The van der Waals surface area contributed by atoms with Crippen LogP contribution in [0.15, 0.2) is 4.79 Å². The van der Waals surface area contributed by atoms with Gasteiger partial charge in [0.1, 0.15) is 11.4 Å². The fraction of sp³-hybridized carbons (Fsp3) is 0.643. The average Bonchev–Trinajstić information content (AvgIpc) is 2.41. The summed E-state index contributed by atoms with van der Waals surface area (Å²) in [7, 11) is 0. The zero-order valence-corrected chi connectivity index (χ0v) is 12.9. The monoisotopic (exact) mass is 298 g/mol. The number of nitrogens with zero attached hydrogens (tertiary/aromatic N) is 1. The molecule has 1 rings (SSSR count). The standard InChI is InChI=1S/C14H22N2O5/c1-5-7-8-21-14(3,4)13-15-9(12(19)20-6-2)10(17)11(18)16-13/h17H,5-8H2,1-4H3,(H,15,16,18). The van der Waals surface area contributed by atoms with E-state index in [0.29, 0.717) is 6.61 Å². The highest BCUT2D eigenvalue weighted by Crippen LogP contribution is 2.22. The first kappa shape index (κ1) is 17.2. The van der Waals surface area contributed by atoms with Crippen molar-refractivity contribution < 1.29 is 19.4 Å². The molecule has 0 saturated carbocycles.